The van der Waals surface area contributed by atoms with Crippen molar-refractivity contribution in [2.45, 2.75) is 6.92 Å². The largest absolute Gasteiger partial charge is 0.458 e. The monoisotopic (exact) mass is 177 g/mol. The van der Waals surface area contributed by atoms with Gasteiger partial charge in [-0.15, -0.1) is 0 Å². The summed E-state index contributed by atoms with van der Waals surface area (Å²) in [4.78, 5) is 15.1. The molecule has 0 saturated carbocycles. The summed E-state index contributed by atoms with van der Waals surface area (Å²) < 4.78 is 4.91. The second kappa shape index (κ2) is 4.40. The van der Waals surface area contributed by atoms with E-state index < -0.39 is 0 Å². The molecular formula is C10H11NO2. The fourth-order valence-corrected chi connectivity index (χ4v) is 0.756. The Labute approximate surface area is 77.1 Å². The third kappa shape index (κ3) is 3.07. The molecule has 0 amide bonds. The molecule has 0 unspecified atom stereocenters. The van der Waals surface area contributed by atoms with Crippen LogP contribution >= 0.6 is 0 Å². The van der Waals surface area contributed by atoms with Crippen LogP contribution in [0.1, 0.15) is 17.3 Å². The Morgan fingerprint density at radius 1 is 1.69 bits per heavy atom. The zero-order valence-electron chi connectivity index (χ0n) is 7.49. The topological polar surface area (TPSA) is 39.2 Å². The smallest absolute Gasteiger partial charge is 0.340 e. The Morgan fingerprint density at radius 3 is 3.00 bits per heavy atom. The first kappa shape index (κ1) is 9.45. The summed E-state index contributed by atoms with van der Waals surface area (Å²) in [6.45, 7) is 5.69. The van der Waals surface area contributed by atoms with Gasteiger partial charge >= 0.3 is 5.97 Å². The lowest BCUT2D eigenvalue weighted by molar-refractivity contribution is 0.0540. The van der Waals surface area contributed by atoms with Gasteiger partial charge in [0.1, 0.15) is 6.61 Å². The van der Waals surface area contributed by atoms with Crippen LogP contribution in [-0.4, -0.2) is 17.6 Å². The van der Waals surface area contributed by atoms with E-state index in [0.29, 0.717) is 5.56 Å². The number of ether oxygens (including phenoxy) is 1. The molecule has 13 heavy (non-hydrogen) atoms. The highest BCUT2D eigenvalue weighted by Gasteiger charge is 2.05. The predicted molar refractivity (Wildman–Crippen MR) is 49.3 cm³/mol. The van der Waals surface area contributed by atoms with E-state index in [9.17, 15) is 4.79 Å². The van der Waals surface area contributed by atoms with Gasteiger partial charge in [0.05, 0.1) is 5.56 Å². The fraction of sp³-hybridized carbons (Fsp3) is 0.200. The number of carbonyl (C=O) groups excluding carboxylic acids is 1. The van der Waals surface area contributed by atoms with Gasteiger partial charge in [0.2, 0.25) is 0 Å². The number of hydrogen-bond acceptors (Lipinski definition) is 3. The predicted octanol–water partition coefficient (Wildman–Crippen LogP) is 1.81. The van der Waals surface area contributed by atoms with Crippen LogP contribution in [-0.2, 0) is 4.74 Å². The van der Waals surface area contributed by atoms with E-state index in [2.05, 4.69) is 11.6 Å². The fourth-order valence-electron chi connectivity index (χ4n) is 0.756. The van der Waals surface area contributed by atoms with Crippen LogP contribution in [0.25, 0.3) is 0 Å². The summed E-state index contributed by atoms with van der Waals surface area (Å²) in [5.74, 6) is -0.365. The van der Waals surface area contributed by atoms with Crippen molar-refractivity contribution in [1.29, 1.82) is 0 Å². The lowest BCUT2D eigenvalue weighted by Crippen LogP contribution is -2.06. The van der Waals surface area contributed by atoms with Crippen molar-refractivity contribution in [1.82, 2.24) is 4.98 Å². The van der Waals surface area contributed by atoms with E-state index in [1.54, 1.807) is 25.3 Å². The van der Waals surface area contributed by atoms with Gasteiger partial charge in [-0.3, -0.25) is 4.98 Å². The number of hydrogen-bond donors (Lipinski definition) is 0. The van der Waals surface area contributed by atoms with Gasteiger partial charge in [-0.2, -0.15) is 0 Å². The van der Waals surface area contributed by atoms with Gasteiger partial charge in [-0.05, 0) is 24.6 Å². The molecule has 0 saturated heterocycles. The van der Waals surface area contributed by atoms with Gasteiger partial charge in [-0.1, -0.05) is 6.58 Å². The van der Waals surface area contributed by atoms with E-state index >= 15 is 0 Å². The molecule has 1 aromatic rings. The van der Waals surface area contributed by atoms with Gasteiger partial charge in [0, 0.05) is 12.4 Å². The Morgan fingerprint density at radius 2 is 2.46 bits per heavy atom. The van der Waals surface area contributed by atoms with Gasteiger partial charge < -0.3 is 4.74 Å². The van der Waals surface area contributed by atoms with Crippen LogP contribution in [0.15, 0.2) is 36.7 Å². The third-order valence-electron chi connectivity index (χ3n) is 1.35. The SMILES string of the molecule is C=C(C)COC(=O)c1cccnc1. The quantitative estimate of drug-likeness (QED) is 0.522. The molecule has 1 aromatic heterocycles. The number of pyridine rings is 1. The summed E-state index contributed by atoms with van der Waals surface area (Å²) in [5, 5.41) is 0. The van der Waals surface area contributed by atoms with Gasteiger partial charge in [0.15, 0.2) is 0 Å². The van der Waals surface area contributed by atoms with E-state index in [1.807, 2.05) is 0 Å². The maximum atomic E-state index is 11.2. The summed E-state index contributed by atoms with van der Waals surface area (Å²) in [5.41, 5.74) is 1.28. The first-order valence-corrected chi connectivity index (χ1v) is 3.91. The molecular weight excluding hydrogens is 166 g/mol. The van der Waals surface area contributed by atoms with Crippen LogP contribution in [0.3, 0.4) is 0 Å². The summed E-state index contributed by atoms with van der Waals surface area (Å²) in [7, 11) is 0. The maximum Gasteiger partial charge on any atom is 0.340 e. The van der Waals surface area contributed by atoms with E-state index in [-0.39, 0.29) is 12.6 Å². The highest BCUT2D eigenvalue weighted by Crippen LogP contribution is 2.00. The van der Waals surface area contributed by atoms with E-state index in [1.165, 1.54) is 6.20 Å². The average Bonchev–Trinajstić information content (AvgIpc) is 2.15. The molecule has 0 N–H and O–H groups in total. The molecule has 0 aromatic carbocycles. The first-order chi connectivity index (χ1) is 6.20. The van der Waals surface area contributed by atoms with Crippen molar-refractivity contribution in [2.24, 2.45) is 0 Å². The van der Waals surface area contributed by atoms with Crippen molar-refractivity contribution in [3.63, 3.8) is 0 Å². The molecule has 0 radical (unpaired) electrons. The van der Waals surface area contributed by atoms with E-state index in [4.69, 9.17) is 4.74 Å². The number of esters is 1. The molecule has 0 aliphatic rings. The Kier molecular flexibility index (Phi) is 3.20. The molecule has 3 nitrogen and oxygen atoms in total. The van der Waals surface area contributed by atoms with Crippen LogP contribution in [0, 0.1) is 0 Å². The summed E-state index contributed by atoms with van der Waals surface area (Å²) in [6.07, 6.45) is 3.08. The minimum absolute atomic E-state index is 0.258. The normalized spacial score (nSPS) is 9.31. The van der Waals surface area contributed by atoms with E-state index in [0.717, 1.165) is 5.57 Å². The third-order valence-corrected chi connectivity index (χ3v) is 1.35. The number of aromatic nitrogens is 1. The Hall–Kier alpha value is -1.64. The lowest BCUT2D eigenvalue weighted by atomic mass is 10.3. The first-order valence-electron chi connectivity index (χ1n) is 3.91. The molecule has 3 heteroatoms. The van der Waals surface area contributed by atoms with Gasteiger partial charge in [-0.25, -0.2) is 4.79 Å². The second-order valence-corrected chi connectivity index (χ2v) is 2.77. The van der Waals surface area contributed by atoms with Crippen molar-refractivity contribution in [3.05, 3.63) is 42.2 Å². The number of nitrogens with zero attached hydrogens (tertiary/aromatic N) is 1. The number of rotatable bonds is 3. The standard InChI is InChI=1S/C10H11NO2/c1-8(2)7-13-10(12)9-4-3-5-11-6-9/h3-6H,1,7H2,2H3. The zero-order valence-corrected chi connectivity index (χ0v) is 7.49. The highest BCUT2D eigenvalue weighted by atomic mass is 16.5. The highest BCUT2D eigenvalue weighted by molar-refractivity contribution is 5.88. The molecule has 1 heterocycles. The maximum absolute atomic E-state index is 11.2. The van der Waals surface area contributed by atoms with Crippen molar-refractivity contribution >= 4 is 5.97 Å². The zero-order chi connectivity index (χ0) is 9.68. The van der Waals surface area contributed by atoms with Crippen molar-refractivity contribution in [3.8, 4) is 0 Å². The second-order valence-electron chi connectivity index (χ2n) is 2.77. The molecule has 0 atom stereocenters. The lowest BCUT2D eigenvalue weighted by Gasteiger charge is -2.02. The molecule has 0 aliphatic heterocycles. The Bertz CT molecular complexity index is 306. The van der Waals surface area contributed by atoms with Crippen LogP contribution in [0.2, 0.25) is 0 Å². The molecule has 0 bridgehead atoms. The molecule has 0 fully saturated rings. The average molecular weight is 177 g/mol. The summed E-state index contributed by atoms with van der Waals surface area (Å²) in [6, 6.07) is 3.35. The number of carbonyl (C=O) groups is 1. The molecule has 68 valence electrons. The van der Waals surface area contributed by atoms with Crippen LogP contribution in [0.4, 0.5) is 0 Å². The van der Waals surface area contributed by atoms with Gasteiger partial charge in [0.25, 0.3) is 0 Å². The molecule has 0 aliphatic carbocycles. The van der Waals surface area contributed by atoms with Crippen molar-refractivity contribution < 1.29 is 9.53 Å². The van der Waals surface area contributed by atoms with Crippen LogP contribution in [0.5, 0.6) is 0 Å². The minimum Gasteiger partial charge on any atom is -0.458 e. The summed E-state index contributed by atoms with van der Waals surface area (Å²) >= 11 is 0. The molecule has 0 spiro atoms. The minimum atomic E-state index is -0.365. The molecule has 1 rings (SSSR count). The Balaban J connectivity index is 2.54. The van der Waals surface area contributed by atoms with Crippen molar-refractivity contribution in [2.75, 3.05) is 6.61 Å². The van der Waals surface area contributed by atoms with Crippen LogP contribution < -0.4 is 0 Å².